The lowest BCUT2D eigenvalue weighted by atomic mass is 10.2. The van der Waals surface area contributed by atoms with E-state index in [-0.39, 0.29) is 12.2 Å². The number of nitrogens with zero attached hydrogens (tertiary/aromatic N) is 2. The maximum Gasteiger partial charge on any atom is 0.501 e. The normalized spacial score (nSPS) is 33.4. The summed E-state index contributed by atoms with van der Waals surface area (Å²) in [7, 11) is -0.828. The van der Waals surface area contributed by atoms with Gasteiger partial charge in [-0.05, 0) is 32.9 Å². The molecule has 0 N–H and O–H groups in total. The van der Waals surface area contributed by atoms with Crippen molar-refractivity contribution in [1.29, 1.82) is 0 Å². The van der Waals surface area contributed by atoms with Crippen molar-refractivity contribution in [3.8, 4) is 0 Å². The Labute approximate surface area is 148 Å². The zero-order valence-electron chi connectivity index (χ0n) is 16.0. The third-order valence-corrected chi connectivity index (χ3v) is 8.10. The van der Waals surface area contributed by atoms with E-state index in [4.69, 9.17) is 18.0 Å². The molecule has 2 saturated heterocycles. The summed E-state index contributed by atoms with van der Waals surface area (Å²) in [4.78, 5) is 4.98. The number of rotatable bonds is 6. The molecule has 2 aliphatic rings. The van der Waals surface area contributed by atoms with Gasteiger partial charge in [-0.25, -0.2) is 0 Å². The van der Waals surface area contributed by atoms with Gasteiger partial charge in [-0.3, -0.25) is 4.90 Å². The van der Waals surface area contributed by atoms with E-state index in [0.29, 0.717) is 6.61 Å². The van der Waals surface area contributed by atoms with Crippen LogP contribution < -0.4 is 0 Å². The quantitative estimate of drug-likeness (QED) is 0.673. The van der Waals surface area contributed by atoms with Crippen LogP contribution in [0.3, 0.4) is 0 Å². The van der Waals surface area contributed by atoms with Crippen molar-refractivity contribution in [2.45, 2.75) is 51.9 Å². The smallest absolute Gasteiger partial charge is 0.379 e. The molecule has 0 radical (unpaired) electrons. The third kappa shape index (κ3) is 6.05. The van der Waals surface area contributed by atoms with Crippen LogP contribution in [0.5, 0.6) is 0 Å². The Morgan fingerprint density at radius 2 is 2.04 bits per heavy atom. The van der Waals surface area contributed by atoms with Gasteiger partial charge in [0.1, 0.15) is 0 Å². The Hall–Kier alpha value is -0.0231. The minimum absolute atomic E-state index is 0.0407. The van der Waals surface area contributed by atoms with E-state index >= 15 is 0 Å². The monoisotopic (exact) mass is 360 g/mol. The summed E-state index contributed by atoms with van der Waals surface area (Å²) in [6.07, 6.45) is 2.18. The molecule has 24 heavy (non-hydrogen) atoms. The minimum Gasteiger partial charge on any atom is -0.379 e. The first kappa shape index (κ1) is 20.3. The second-order valence-corrected chi connectivity index (χ2v) is 9.60. The van der Waals surface area contributed by atoms with Crippen LogP contribution in [0.25, 0.3) is 0 Å². The molecule has 3 atom stereocenters. The predicted molar refractivity (Wildman–Crippen MR) is 97.3 cm³/mol. The molecular weight excluding hydrogens is 324 g/mol. The van der Waals surface area contributed by atoms with Gasteiger partial charge in [-0.1, -0.05) is 13.8 Å². The first-order valence-electron chi connectivity index (χ1n) is 9.54. The Bertz CT molecular complexity index is 359. The predicted octanol–water partition coefficient (Wildman–Crippen LogP) is 1.83. The lowest BCUT2D eigenvalue weighted by Crippen LogP contribution is -2.52. The van der Waals surface area contributed by atoms with E-state index in [0.717, 1.165) is 64.8 Å². The molecule has 2 heterocycles. The van der Waals surface area contributed by atoms with Gasteiger partial charge in [-0.2, -0.15) is 0 Å². The van der Waals surface area contributed by atoms with Gasteiger partial charge >= 0.3 is 8.80 Å². The summed E-state index contributed by atoms with van der Waals surface area (Å²) in [6, 6.07) is 0.851. The summed E-state index contributed by atoms with van der Waals surface area (Å²) in [6.45, 7) is 14.3. The van der Waals surface area contributed by atoms with Crippen LogP contribution in [-0.2, 0) is 18.0 Å². The largest absolute Gasteiger partial charge is 0.501 e. The maximum absolute atomic E-state index is 6.42. The Morgan fingerprint density at radius 3 is 2.75 bits per heavy atom. The van der Waals surface area contributed by atoms with Crippen molar-refractivity contribution in [3.05, 3.63) is 0 Å². The van der Waals surface area contributed by atoms with E-state index in [1.54, 1.807) is 7.11 Å². The Kier molecular flexibility index (Phi) is 8.63. The molecule has 2 fully saturated rings. The zero-order valence-corrected chi connectivity index (χ0v) is 17.0. The summed E-state index contributed by atoms with van der Waals surface area (Å²) >= 11 is 0. The summed E-state index contributed by atoms with van der Waals surface area (Å²) in [5.74, 6) is 0. The lowest BCUT2D eigenvalue weighted by molar-refractivity contribution is -0.0332. The van der Waals surface area contributed by atoms with Crippen LogP contribution in [0.2, 0.25) is 6.04 Å². The van der Waals surface area contributed by atoms with Crippen molar-refractivity contribution in [3.63, 3.8) is 0 Å². The highest BCUT2D eigenvalue weighted by Crippen LogP contribution is 2.25. The standard InChI is InChI=1S/C17H36N2O4Si/c1-5-18(6-2)10-11-19-9-8-16(3)22-24(20-4)13-7-12-21-15-17(14-19)23-24/h16-17H,5-15H2,1-4H3. The van der Waals surface area contributed by atoms with Gasteiger partial charge in [0.15, 0.2) is 0 Å². The number of ether oxygens (including phenoxy) is 1. The van der Waals surface area contributed by atoms with Crippen molar-refractivity contribution in [2.75, 3.05) is 59.6 Å². The van der Waals surface area contributed by atoms with E-state index in [1.165, 1.54) is 0 Å². The maximum atomic E-state index is 6.42. The second-order valence-electron chi connectivity index (χ2n) is 6.85. The fourth-order valence-electron chi connectivity index (χ4n) is 3.46. The molecule has 2 aliphatic heterocycles. The average molecular weight is 361 g/mol. The highest BCUT2D eigenvalue weighted by atomic mass is 28.4. The average Bonchev–Trinajstić information content (AvgIpc) is 2.63. The number of fused-ring (bicyclic) bond motifs is 2. The Balaban J connectivity index is 2.04. The molecule has 0 saturated carbocycles. The molecular formula is C17H36N2O4Si. The highest BCUT2D eigenvalue weighted by Gasteiger charge is 2.45. The van der Waals surface area contributed by atoms with E-state index in [1.807, 2.05) is 0 Å². The van der Waals surface area contributed by atoms with Crippen LogP contribution >= 0.6 is 0 Å². The van der Waals surface area contributed by atoms with Crippen molar-refractivity contribution in [1.82, 2.24) is 9.80 Å². The topological polar surface area (TPSA) is 43.4 Å². The lowest BCUT2D eigenvalue weighted by Gasteiger charge is -2.35. The SMILES string of the molecule is CCN(CC)CCN1CCC(C)O[Si]2(OC)CCCOCC(C1)O2. The van der Waals surface area contributed by atoms with Gasteiger partial charge < -0.3 is 22.9 Å². The molecule has 0 aromatic carbocycles. The summed E-state index contributed by atoms with van der Waals surface area (Å²) in [5, 5.41) is 0. The van der Waals surface area contributed by atoms with Crippen LogP contribution in [0.1, 0.15) is 33.6 Å². The highest BCUT2D eigenvalue weighted by molar-refractivity contribution is 6.60. The third-order valence-electron chi connectivity index (χ3n) is 5.05. The van der Waals surface area contributed by atoms with Crippen LogP contribution in [0, 0.1) is 0 Å². The fourth-order valence-corrected chi connectivity index (χ4v) is 6.11. The van der Waals surface area contributed by atoms with Crippen molar-refractivity contribution < 1.29 is 18.0 Å². The Morgan fingerprint density at radius 1 is 1.25 bits per heavy atom. The van der Waals surface area contributed by atoms with Crippen molar-refractivity contribution in [2.24, 2.45) is 0 Å². The van der Waals surface area contributed by atoms with Gasteiger partial charge in [0.05, 0.1) is 12.7 Å². The summed E-state index contributed by atoms with van der Waals surface area (Å²) in [5.41, 5.74) is 0. The van der Waals surface area contributed by atoms with Gasteiger partial charge in [0.25, 0.3) is 0 Å². The molecule has 0 aromatic rings. The number of hydrogen-bond acceptors (Lipinski definition) is 6. The van der Waals surface area contributed by atoms with Gasteiger partial charge in [0, 0.05) is 52.0 Å². The molecule has 7 heteroatoms. The molecule has 0 aliphatic carbocycles. The zero-order chi connectivity index (χ0) is 17.4. The molecule has 0 amide bonds. The minimum atomic E-state index is -2.57. The van der Waals surface area contributed by atoms with Crippen molar-refractivity contribution >= 4 is 8.80 Å². The second kappa shape index (κ2) is 10.2. The molecule has 2 bridgehead atoms. The number of likely N-dealkylation sites (N-methyl/N-ethyl adjacent to an activating group) is 1. The van der Waals surface area contributed by atoms with Gasteiger partial charge in [-0.15, -0.1) is 0 Å². The van der Waals surface area contributed by atoms with E-state index in [2.05, 4.69) is 30.6 Å². The molecule has 142 valence electrons. The summed E-state index contributed by atoms with van der Waals surface area (Å²) < 4.78 is 24.4. The molecule has 2 rings (SSSR count). The van der Waals surface area contributed by atoms with E-state index in [9.17, 15) is 0 Å². The first-order valence-corrected chi connectivity index (χ1v) is 11.5. The molecule has 6 nitrogen and oxygen atoms in total. The molecule has 0 spiro atoms. The molecule has 0 aromatic heterocycles. The number of hydrogen-bond donors (Lipinski definition) is 0. The first-order chi connectivity index (χ1) is 11.6. The van der Waals surface area contributed by atoms with Crippen LogP contribution in [-0.4, -0.2) is 90.4 Å². The van der Waals surface area contributed by atoms with Crippen LogP contribution in [0.15, 0.2) is 0 Å². The van der Waals surface area contributed by atoms with E-state index < -0.39 is 8.80 Å². The molecule has 3 unspecified atom stereocenters. The fraction of sp³-hybridized carbons (Fsp3) is 1.00. The van der Waals surface area contributed by atoms with Crippen LogP contribution in [0.4, 0.5) is 0 Å². The van der Waals surface area contributed by atoms with Gasteiger partial charge in [0.2, 0.25) is 0 Å².